The highest BCUT2D eigenvalue weighted by molar-refractivity contribution is 5.90. The van der Waals surface area contributed by atoms with Crippen LogP contribution in [0.1, 0.15) is 28.4 Å². The number of hydrogen-bond acceptors (Lipinski definition) is 4. The summed E-state index contributed by atoms with van der Waals surface area (Å²) in [6, 6.07) is 12.4. The third kappa shape index (κ3) is 4.12. The van der Waals surface area contributed by atoms with Crippen molar-refractivity contribution in [2.75, 3.05) is 13.7 Å². The van der Waals surface area contributed by atoms with Crippen molar-refractivity contribution in [2.45, 2.75) is 20.0 Å². The molecule has 1 unspecified atom stereocenters. The number of rotatable bonds is 6. The Morgan fingerprint density at radius 1 is 1.29 bits per heavy atom. The fraction of sp³-hybridized carbons (Fsp3) is 0.263. The van der Waals surface area contributed by atoms with Crippen LogP contribution < -0.4 is 4.74 Å². The van der Waals surface area contributed by atoms with Crippen LogP contribution in [0.25, 0.3) is 11.1 Å². The molecule has 0 amide bonds. The van der Waals surface area contributed by atoms with Gasteiger partial charge < -0.3 is 14.6 Å². The van der Waals surface area contributed by atoms with Crippen molar-refractivity contribution in [3.05, 3.63) is 53.1 Å². The second-order valence-corrected chi connectivity index (χ2v) is 5.60. The number of ether oxygens (including phenoxy) is 2. The molecule has 0 aliphatic carbocycles. The molecule has 5 nitrogen and oxygen atoms in total. The van der Waals surface area contributed by atoms with Gasteiger partial charge in [-0.1, -0.05) is 12.1 Å². The maximum atomic E-state index is 11.4. The van der Waals surface area contributed by atoms with Crippen LogP contribution >= 0.6 is 0 Å². The van der Waals surface area contributed by atoms with Crippen LogP contribution in [0.4, 0.5) is 0 Å². The molecule has 124 valence electrons. The first-order valence-electron chi connectivity index (χ1n) is 7.49. The zero-order chi connectivity index (χ0) is 17.7. The van der Waals surface area contributed by atoms with Gasteiger partial charge in [0.25, 0.3) is 0 Å². The Morgan fingerprint density at radius 3 is 2.67 bits per heavy atom. The number of carboxylic acids is 1. The first kappa shape index (κ1) is 17.5. The highest BCUT2D eigenvalue weighted by Gasteiger charge is 2.13. The van der Waals surface area contributed by atoms with Crippen molar-refractivity contribution in [1.82, 2.24) is 0 Å². The van der Waals surface area contributed by atoms with Gasteiger partial charge in [0.05, 0.1) is 23.8 Å². The molecule has 1 N–H and O–H groups in total. The summed E-state index contributed by atoms with van der Waals surface area (Å²) in [6.07, 6.45) is -0.222. The van der Waals surface area contributed by atoms with Crippen molar-refractivity contribution >= 4 is 5.97 Å². The van der Waals surface area contributed by atoms with E-state index in [9.17, 15) is 15.2 Å². The number of aromatic carboxylic acids is 1. The molecule has 0 spiro atoms. The number of aryl methyl sites for hydroxylation is 1. The van der Waals surface area contributed by atoms with E-state index in [2.05, 4.69) is 6.07 Å². The van der Waals surface area contributed by atoms with Crippen molar-refractivity contribution in [3.63, 3.8) is 0 Å². The van der Waals surface area contributed by atoms with Crippen LogP contribution in [0, 0.1) is 18.3 Å². The third-order valence-corrected chi connectivity index (χ3v) is 3.50. The molecule has 0 aromatic heterocycles. The van der Waals surface area contributed by atoms with Gasteiger partial charge in [0, 0.05) is 7.11 Å². The molecule has 2 rings (SSSR count). The molecule has 0 bridgehead atoms. The van der Waals surface area contributed by atoms with Crippen LogP contribution in [-0.4, -0.2) is 30.9 Å². The zero-order valence-corrected chi connectivity index (χ0v) is 13.9. The van der Waals surface area contributed by atoms with Gasteiger partial charge in [-0.2, -0.15) is 5.26 Å². The van der Waals surface area contributed by atoms with Gasteiger partial charge in [0.15, 0.2) is 0 Å². The van der Waals surface area contributed by atoms with E-state index in [0.717, 1.165) is 5.56 Å². The van der Waals surface area contributed by atoms with Crippen LogP contribution in [0.3, 0.4) is 0 Å². The van der Waals surface area contributed by atoms with E-state index in [1.807, 2.05) is 26.0 Å². The number of benzene rings is 2. The average molecular weight is 325 g/mol. The lowest BCUT2D eigenvalue weighted by atomic mass is 9.97. The number of nitrogens with zero attached hydrogens (tertiary/aromatic N) is 1. The SMILES string of the molecule is COCC(C)Oc1cc(C(=O)O)cc(-c2ccc(C)cc2C#N)c1. The molecule has 0 radical (unpaired) electrons. The zero-order valence-electron chi connectivity index (χ0n) is 13.9. The molecule has 5 heteroatoms. The fourth-order valence-corrected chi connectivity index (χ4v) is 2.45. The molecular weight excluding hydrogens is 306 g/mol. The highest BCUT2D eigenvalue weighted by Crippen LogP contribution is 2.30. The van der Waals surface area contributed by atoms with E-state index in [0.29, 0.717) is 29.0 Å². The van der Waals surface area contributed by atoms with Gasteiger partial charge in [0.1, 0.15) is 11.9 Å². The number of hydrogen-bond donors (Lipinski definition) is 1. The maximum absolute atomic E-state index is 11.4. The fourth-order valence-electron chi connectivity index (χ4n) is 2.45. The van der Waals surface area contributed by atoms with E-state index < -0.39 is 5.97 Å². The van der Waals surface area contributed by atoms with Crippen molar-refractivity contribution in [3.8, 4) is 22.9 Å². The molecule has 0 aliphatic rings. The lowest BCUT2D eigenvalue weighted by molar-refractivity contribution is 0.0694. The molecule has 0 fully saturated rings. The molecule has 24 heavy (non-hydrogen) atoms. The Balaban J connectivity index is 2.52. The summed E-state index contributed by atoms with van der Waals surface area (Å²) in [5, 5.41) is 18.7. The second kappa shape index (κ2) is 7.62. The van der Waals surface area contributed by atoms with Crippen molar-refractivity contribution < 1.29 is 19.4 Å². The first-order valence-corrected chi connectivity index (χ1v) is 7.49. The van der Waals surface area contributed by atoms with E-state index >= 15 is 0 Å². The lowest BCUT2D eigenvalue weighted by Gasteiger charge is -2.16. The minimum absolute atomic E-state index is 0.108. The van der Waals surface area contributed by atoms with E-state index in [1.54, 1.807) is 25.3 Å². The van der Waals surface area contributed by atoms with Crippen molar-refractivity contribution in [1.29, 1.82) is 5.26 Å². The van der Waals surface area contributed by atoms with E-state index in [4.69, 9.17) is 9.47 Å². The van der Waals surface area contributed by atoms with Gasteiger partial charge >= 0.3 is 5.97 Å². The number of nitriles is 1. The Hall–Kier alpha value is -2.84. The molecule has 1 atom stereocenters. The molecule has 0 heterocycles. The van der Waals surface area contributed by atoms with E-state index in [-0.39, 0.29) is 11.7 Å². The van der Waals surface area contributed by atoms with E-state index in [1.165, 1.54) is 6.07 Å². The van der Waals surface area contributed by atoms with Gasteiger partial charge in [-0.05, 0) is 54.8 Å². The normalized spacial score (nSPS) is 11.6. The monoisotopic (exact) mass is 325 g/mol. The minimum Gasteiger partial charge on any atom is -0.488 e. The van der Waals surface area contributed by atoms with Gasteiger partial charge in [-0.15, -0.1) is 0 Å². The quantitative estimate of drug-likeness (QED) is 0.877. The minimum atomic E-state index is -1.05. The number of methoxy groups -OCH3 is 1. The smallest absolute Gasteiger partial charge is 0.335 e. The molecule has 2 aromatic rings. The Bertz CT molecular complexity index is 792. The van der Waals surface area contributed by atoms with Gasteiger partial charge in [-0.25, -0.2) is 4.79 Å². The topological polar surface area (TPSA) is 79.6 Å². The maximum Gasteiger partial charge on any atom is 0.335 e. The first-order chi connectivity index (χ1) is 11.4. The highest BCUT2D eigenvalue weighted by atomic mass is 16.5. The van der Waals surface area contributed by atoms with Gasteiger partial charge in [0.2, 0.25) is 0 Å². The third-order valence-electron chi connectivity index (χ3n) is 3.50. The number of carbonyl (C=O) groups is 1. The summed E-state index contributed by atoms with van der Waals surface area (Å²) in [5.41, 5.74) is 2.88. The Labute approximate surface area is 141 Å². The standard InChI is InChI=1S/C19H19NO4/c1-12-4-5-18(16(6-12)10-20)14-7-15(19(21)22)9-17(8-14)24-13(2)11-23-3/h4-9,13H,11H2,1-3H3,(H,21,22). The Morgan fingerprint density at radius 2 is 2.04 bits per heavy atom. The average Bonchev–Trinajstić information content (AvgIpc) is 2.54. The largest absolute Gasteiger partial charge is 0.488 e. The molecule has 2 aromatic carbocycles. The molecule has 0 saturated carbocycles. The molecular formula is C19H19NO4. The predicted octanol–water partition coefficient (Wildman–Crippen LogP) is 3.65. The van der Waals surface area contributed by atoms with Gasteiger partial charge in [-0.3, -0.25) is 0 Å². The molecule has 0 aliphatic heterocycles. The summed E-state index contributed by atoms with van der Waals surface area (Å²) < 4.78 is 10.8. The molecule has 0 saturated heterocycles. The van der Waals surface area contributed by atoms with Crippen LogP contribution in [0.15, 0.2) is 36.4 Å². The summed E-state index contributed by atoms with van der Waals surface area (Å²) in [5.74, 6) is -0.620. The summed E-state index contributed by atoms with van der Waals surface area (Å²) in [7, 11) is 1.57. The summed E-state index contributed by atoms with van der Waals surface area (Å²) >= 11 is 0. The Kier molecular flexibility index (Phi) is 5.56. The number of carboxylic acid groups (broad SMARTS) is 1. The van der Waals surface area contributed by atoms with Crippen LogP contribution in [0.5, 0.6) is 5.75 Å². The van der Waals surface area contributed by atoms with Crippen molar-refractivity contribution in [2.24, 2.45) is 0 Å². The lowest BCUT2D eigenvalue weighted by Crippen LogP contribution is -2.18. The predicted molar refractivity (Wildman–Crippen MR) is 90.3 cm³/mol. The summed E-state index contributed by atoms with van der Waals surface area (Å²) in [6.45, 7) is 4.13. The second-order valence-electron chi connectivity index (χ2n) is 5.60. The van der Waals surface area contributed by atoms with Crippen LogP contribution in [0.2, 0.25) is 0 Å². The van der Waals surface area contributed by atoms with Crippen LogP contribution in [-0.2, 0) is 4.74 Å². The summed E-state index contributed by atoms with van der Waals surface area (Å²) in [4.78, 5) is 11.4.